The number of nitrogens with one attached hydrogen (secondary N) is 2. The van der Waals surface area contributed by atoms with Crippen LogP contribution in [0.4, 0.5) is 17.1 Å². The first-order valence-electron chi connectivity index (χ1n) is 11.6. The Morgan fingerprint density at radius 3 is 2.36 bits per heavy atom. The van der Waals surface area contributed by atoms with Gasteiger partial charge in [-0.3, -0.25) is 9.10 Å². The Morgan fingerprint density at radius 2 is 1.69 bits per heavy atom. The Morgan fingerprint density at radius 1 is 0.972 bits per heavy atom. The summed E-state index contributed by atoms with van der Waals surface area (Å²) in [6.45, 7) is 1.31. The smallest absolute Gasteiger partial charge is 0.258 e. The lowest BCUT2D eigenvalue weighted by Gasteiger charge is -2.25. The number of rotatable bonds is 9. The number of amides is 1. The van der Waals surface area contributed by atoms with Crippen LogP contribution in [0.15, 0.2) is 72.8 Å². The molecule has 1 aliphatic heterocycles. The summed E-state index contributed by atoms with van der Waals surface area (Å²) in [5, 5.41) is 6.35. The van der Waals surface area contributed by atoms with E-state index in [4.69, 9.17) is 5.73 Å². The van der Waals surface area contributed by atoms with Crippen LogP contribution in [-0.4, -0.2) is 52.7 Å². The molecule has 36 heavy (non-hydrogen) atoms. The molecule has 0 unspecified atom stereocenters. The van der Waals surface area contributed by atoms with Gasteiger partial charge in [0.25, 0.3) is 5.91 Å². The number of carbonyl (C=O) groups is 1. The van der Waals surface area contributed by atoms with Gasteiger partial charge >= 0.3 is 0 Å². The zero-order chi connectivity index (χ0) is 25.9. The van der Waals surface area contributed by atoms with Crippen molar-refractivity contribution in [2.75, 3.05) is 48.4 Å². The standard InChI is InChI=1S/C27H31N5O3S/c1-31(2)15-16-32(36(3,34)35)22-8-6-7-21(17-22)29-26(20-13-11-19(18-28)12-14-20)25-23-9-4-5-10-24(23)30-27(25)33/h4-14,17,29H,15-16,18,28H2,1-3H3,(H,30,33). The first-order chi connectivity index (χ1) is 17.2. The van der Waals surface area contributed by atoms with E-state index < -0.39 is 10.0 Å². The number of anilines is 3. The van der Waals surface area contributed by atoms with Crippen molar-refractivity contribution in [2.24, 2.45) is 5.73 Å². The normalized spacial score (nSPS) is 14.4. The van der Waals surface area contributed by atoms with Crippen LogP contribution in [0.25, 0.3) is 11.3 Å². The molecule has 0 saturated heterocycles. The molecule has 188 valence electrons. The largest absolute Gasteiger partial charge is 0.354 e. The molecule has 1 heterocycles. The highest BCUT2D eigenvalue weighted by Gasteiger charge is 2.28. The molecule has 8 nitrogen and oxygen atoms in total. The van der Waals surface area contributed by atoms with Gasteiger partial charge in [0, 0.05) is 36.6 Å². The van der Waals surface area contributed by atoms with E-state index >= 15 is 0 Å². The fourth-order valence-electron chi connectivity index (χ4n) is 4.11. The first-order valence-corrected chi connectivity index (χ1v) is 13.5. The average molecular weight is 506 g/mol. The molecular weight excluding hydrogens is 474 g/mol. The Balaban J connectivity index is 1.80. The maximum absolute atomic E-state index is 13.1. The topological polar surface area (TPSA) is 108 Å². The number of likely N-dealkylation sites (N-methyl/N-ethyl adjacent to an activating group) is 1. The summed E-state index contributed by atoms with van der Waals surface area (Å²) in [6, 6.07) is 22.5. The molecule has 0 spiro atoms. The van der Waals surface area contributed by atoms with Gasteiger partial charge in [0.2, 0.25) is 10.0 Å². The van der Waals surface area contributed by atoms with Crippen LogP contribution in [0.3, 0.4) is 0 Å². The molecule has 0 radical (unpaired) electrons. The number of carbonyl (C=O) groups excluding carboxylic acids is 1. The summed E-state index contributed by atoms with van der Waals surface area (Å²) in [7, 11) is 0.308. The van der Waals surface area contributed by atoms with Crippen LogP contribution in [0.1, 0.15) is 16.7 Å². The molecular formula is C27H31N5O3S. The second-order valence-corrected chi connectivity index (χ2v) is 10.9. The van der Waals surface area contributed by atoms with E-state index in [-0.39, 0.29) is 5.91 Å². The number of nitrogens with zero attached hydrogens (tertiary/aromatic N) is 2. The summed E-state index contributed by atoms with van der Waals surface area (Å²) in [4.78, 5) is 15.0. The quantitative estimate of drug-likeness (QED) is 0.385. The summed E-state index contributed by atoms with van der Waals surface area (Å²) < 4.78 is 26.5. The molecule has 3 aromatic rings. The van der Waals surface area contributed by atoms with Crippen LogP contribution in [0.2, 0.25) is 0 Å². The van der Waals surface area contributed by atoms with Crippen molar-refractivity contribution in [1.82, 2.24) is 4.90 Å². The fraction of sp³-hybridized carbons (Fsp3) is 0.222. The third kappa shape index (κ3) is 5.59. The van der Waals surface area contributed by atoms with E-state index in [1.807, 2.05) is 73.6 Å². The summed E-state index contributed by atoms with van der Waals surface area (Å²) in [5.74, 6) is -0.207. The van der Waals surface area contributed by atoms with Crippen molar-refractivity contribution in [3.05, 3.63) is 89.5 Å². The molecule has 4 N–H and O–H groups in total. The molecule has 1 aliphatic rings. The number of nitrogens with two attached hydrogens (primary N) is 1. The number of fused-ring (bicyclic) bond motifs is 1. The minimum absolute atomic E-state index is 0.207. The monoisotopic (exact) mass is 505 g/mol. The van der Waals surface area contributed by atoms with Gasteiger partial charge in [0.1, 0.15) is 0 Å². The molecule has 0 bridgehead atoms. The Hall–Kier alpha value is -3.66. The minimum Gasteiger partial charge on any atom is -0.354 e. The maximum Gasteiger partial charge on any atom is 0.258 e. The van der Waals surface area contributed by atoms with Crippen molar-refractivity contribution in [2.45, 2.75) is 6.54 Å². The van der Waals surface area contributed by atoms with Crippen molar-refractivity contribution in [3.63, 3.8) is 0 Å². The van der Waals surface area contributed by atoms with Crippen molar-refractivity contribution in [3.8, 4) is 0 Å². The fourth-order valence-corrected chi connectivity index (χ4v) is 5.02. The van der Waals surface area contributed by atoms with Gasteiger partial charge in [0.05, 0.1) is 23.2 Å². The lowest BCUT2D eigenvalue weighted by atomic mass is 9.99. The number of hydrogen-bond acceptors (Lipinski definition) is 6. The van der Waals surface area contributed by atoms with E-state index in [9.17, 15) is 13.2 Å². The molecule has 0 atom stereocenters. The zero-order valence-electron chi connectivity index (χ0n) is 20.7. The first kappa shape index (κ1) is 25.4. The summed E-state index contributed by atoms with van der Waals surface area (Å²) >= 11 is 0. The van der Waals surface area contributed by atoms with E-state index in [1.54, 1.807) is 18.2 Å². The van der Waals surface area contributed by atoms with E-state index in [0.29, 0.717) is 42.3 Å². The van der Waals surface area contributed by atoms with Crippen molar-refractivity contribution < 1.29 is 13.2 Å². The lowest BCUT2D eigenvalue weighted by Crippen LogP contribution is -2.36. The molecule has 0 aromatic heterocycles. The predicted molar refractivity (Wildman–Crippen MR) is 147 cm³/mol. The number of benzene rings is 3. The van der Waals surface area contributed by atoms with Gasteiger partial charge in [-0.05, 0) is 49.5 Å². The molecule has 1 amide bonds. The van der Waals surface area contributed by atoms with Gasteiger partial charge in [-0.25, -0.2) is 8.42 Å². The average Bonchev–Trinajstić information content (AvgIpc) is 3.17. The van der Waals surface area contributed by atoms with Crippen LogP contribution in [0.5, 0.6) is 0 Å². The lowest BCUT2D eigenvalue weighted by molar-refractivity contribution is -0.110. The highest BCUT2D eigenvalue weighted by molar-refractivity contribution is 7.92. The van der Waals surface area contributed by atoms with Crippen molar-refractivity contribution >= 4 is 44.3 Å². The van der Waals surface area contributed by atoms with Crippen molar-refractivity contribution in [1.29, 1.82) is 0 Å². The number of hydrogen-bond donors (Lipinski definition) is 3. The Kier molecular flexibility index (Phi) is 7.44. The highest BCUT2D eigenvalue weighted by Crippen LogP contribution is 2.37. The van der Waals surface area contributed by atoms with Crippen LogP contribution >= 0.6 is 0 Å². The van der Waals surface area contributed by atoms with E-state index in [1.165, 1.54) is 10.6 Å². The molecule has 3 aromatic carbocycles. The van der Waals surface area contributed by atoms with Crippen LogP contribution in [-0.2, 0) is 21.4 Å². The third-order valence-electron chi connectivity index (χ3n) is 5.95. The molecule has 0 aliphatic carbocycles. The number of para-hydroxylation sites is 1. The minimum atomic E-state index is -3.49. The molecule has 0 fully saturated rings. The van der Waals surface area contributed by atoms with Gasteiger partial charge in [0.15, 0.2) is 0 Å². The maximum atomic E-state index is 13.1. The second-order valence-electron chi connectivity index (χ2n) is 8.96. The Labute approximate surface area is 212 Å². The molecule has 4 rings (SSSR count). The van der Waals surface area contributed by atoms with Crippen LogP contribution < -0.4 is 20.7 Å². The van der Waals surface area contributed by atoms with Crippen LogP contribution in [0, 0.1) is 0 Å². The summed E-state index contributed by atoms with van der Waals surface area (Å²) in [5.41, 5.74) is 11.5. The second kappa shape index (κ2) is 10.5. The van der Waals surface area contributed by atoms with Gasteiger partial charge in [-0.15, -0.1) is 0 Å². The summed E-state index contributed by atoms with van der Waals surface area (Å²) in [6.07, 6.45) is 1.20. The van der Waals surface area contributed by atoms with Gasteiger partial charge < -0.3 is 21.3 Å². The molecule has 9 heteroatoms. The van der Waals surface area contributed by atoms with E-state index in [2.05, 4.69) is 10.6 Å². The SMILES string of the molecule is CN(C)CCN(c1cccc(NC(=C2C(=O)Nc3ccccc32)c2ccc(CN)cc2)c1)S(C)(=O)=O. The number of sulfonamides is 1. The van der Waals surface area contributed by atoms with Gasteiger partial charge in [-0.2, -0.15) is 0 Å². The zero-order valence-corrected chi connectivity index (χ0v) is 21.5. The van der Waals surface area contributed by atoms with Gasteiger partial charge in [-0.1, -0.05) is 48.5 Å². The highest BCUT2D eigenvalue weighted by atomic mass is 32.2. The predicted octanol–water partition coefficient (Wildman–Crippen LogP) is 3.41. The molecule has 0 saturated carbocycles. The third-order valence-corrected chi connectivity index (χ3v) is 7.15. The van der Waals surface area contributed by atoms with E-state index in [0.717, 1.165) is 22.4 Å². The Bertz CT molecular complexity index is 1400.